The lowest BCUT2D eigenvalue weighted by atomic mass is 10.2. The molecule has 0 aliphatic heterocycles. The van der Waals surface area contributed by atoms with Gasteiger partial charge in [0, 0.05) is 12.9 Å². The molecule has 0 unspecified atom stereocenters. The molecule has 0 atom stereocenters. The highest BCUT2D eigenvalue weighted by atomic mass is 127. The Hall–Kier alpha value is -0.610. The van der Waals surface area contributed by atoms with Crippen LogP contribution >= 0.6 is 56.9 Å². The van der Waals surface area contributed by atoms with E-state index >= 15 is 0 Å². The zero-order valence-electron chi connectivity index (χ0n) is 13.3. The van der Waals surface area contributed by atoms with Gasteiger partial charge in [0.25, 0.3) is 5.56 Å². The van der Waals surface area contributed by atoms with Crippen molar-refractivity contribution in [2.24, 2.45) is 0 Å². The van der Waals surface area contributed by atoms with Crippen LogP contribution in [-0.4, -0.2) is 15.3 Å². The number of benzene rings is 2. The van der Waals surface area contributed by atoms with E-state index in [1.807, 2.05) is 37.3 Å². The van der Waals surface area contributed by atoms with Gasteiger partial charge in [0.05, 0.1) is 16.6 Å². The number of hydrogen-bond donors (Lipinski definition) is 0. The largest absolute Gasteiger partial charge is 0.268 e. The molecule has 0 spiro atoms. The molecule has 0 radical (unpaired) electrons. The van der Waals surface area contributed by atoms with Crippen molar-refractivity contribution in [3.05, 3.63) is 59.5 Å². The Morgan fingerprint density at radius 3 is 2.71 bits per heavy atom. The van der Waals surface area contributed by atoms with Crippen LogP contribution in [0.1, 0.15) is 18.9 Å². The van der Waals surface area contributed by atoms with Crippen molar-refractivity contribution in [1.82, 2.24) is 9.55 Å². The van der Waals surface area contributed by atoms with Crippen molar-refractivity contribution in [2.45, 2.75) is 25.4 Å². The van der Waals surface area contributed by atoms with E-state index in [1.54, 1.807) is 16.3 Å². The van der Waals surface area contributed by atoms with Crippen LogP contribution in [0.5, 0.6) is 0 Å². The van der Waals surface area contributed by atoms with E-state index in [0.717, 1.165) is 41.2 Å². The van der Waals surface area contributed by atoms with Crippen molar-refractivity contribution in [2.75, 3.05) is 5.75 Å². The monoisotopic (exact) mass is 562 g/mol. The molecular formula is C18H16I2N2OS. The van der Waals surface area contributed by atoms with E-state index in [9.17, 15) is 4.79 Å². The Labute approximate surface area is 172 Å². The first kappa shape index (κ1) is 18.2. The maximum absolute atomic E-state index is 13.2. The third kappa shape index (κ3) is 3.65. The van der Waals surface area contributed by atoms with E-state index in [4.69, 9.17) is 4.98 Å². The topological polar surface area (TPSA) is 34.9 Å². The highest BCUT2D eigenvalue weighted by molar-refractivity contribution is 14.1. The third-order valence-corrected chi connectivity index (χ3v) is 6.15. The molecule has 0 aliphatic rings. The maximum atomic E-state index is 13.2. The summed E-state index contributed by atoms with van der Waals surface area (Å²) >= 11 is 6.15. The van der Waals surface area contributed by atoms with Crippen LogP contribution in [0.15, 0.2) is 46.3 Å². The van der Waals surface area contributed by atoms with Gasteiger partial charge in [0.1, 0.15) is 0 Å². The quantitative estimate of drug-likeness (QED) is 0.243. The van der Waals surface area contributed by atoms with E-state index in [0.29, 0.717) is 5.39 Å². The third-order valence-electron chi connectivity index (χ3n) is 3.56. The highest BCUT2D eigenvalue weighted by Gasteiger charge is 2.15. The molecule has 3 rings (SSSR count). The number of aryl methyl sites for hydroxylation is 1. The Morgan fingerprint density at radius 2 is 2.00 bits per heavy atom. The molecule has 1 heterocycles. The second kappa shape index (κ2) is 7.74. The Kier molecular flexibility index (Phi) is 5.86. The number of halogens is 2. The molecule has 24 heavy (non-hydrogen) atoms. The van der Waals surface area contributed by atoms with Gasteiger partial charge >= 0.3 is 0 Å². The van der Waals surface area contributed by atoms with Crippen LogP contribution in [0.2, 0.25) is 0 Å². The van der Waals surface area contributed by atoms with Crippen LogP contribution in [0.3, 0.4) is 0 Å². The molecule has 0 N–H and O–H groups in total. The van der Waals surface area contributed by atoms with E-state index in [2.05, 4.69) is 58.2 Å². The molecule has 0 saturated heterocycles. The lowest BCUT2D eigenvalue weighted by Gasteiger charge is -2.14. The van der Waals surface area contributed by atoms with E-state index in [1.165, 1.54) is 0 Å². The summed E-state index contributed by atoms with van der Waals surface area (Å²) < 4.78 is 3.82. The van der Waals surface area contributed by atoms with Gasteiger partial charge < -0.3 is 0 Å². The van der Waals surface area contributed by atoms with Gasteiger partial charge in [-0.3, -0.25) is 9.36 Å². The summed E-state index contributed by atoms with van der Waals surface area (Å²) in [5, 5.41) is 1.44. The molecule has 1 aromatic heterocycles. The molecule has 0 aliphatic carbocycles. The Balaban J connectivity index is 2.36. The zero-order valence-corrected chi connectivity index (χ0v) is 18.5. The average Bonchev–Trinajstić information content (AvgIpc) is 2.54. The van der Waals surface area contributed by atoms with Crippen molar-refractivity contribution in [1.29, 1.82) is 0 Å². The van der Waals surface area contributed by atoms with Gasteiger partial charge in [-0.25, -0.2) is 4.98 Å². The van der Waals surface area contributed by atoms with Crippen LogP contribution < -0.4 is 5.56 Å². The van der Waals surface area contributed by atoms with Crippen LogP contribution in [0.25, 0.3) is 16.6 Å². The van der Waals surface area contributed by atoms with Crippen LogP contribution in [0.4, 0.5) is 0 Å². The van der Waals surface area contributed by atoms with Crippen molar-refractivity contribution in [3.8, 4) is 5.69 Å². The Bertz CT molecular complexity index is 969. The van der Waals surface area contributed by atoms with Crippen molar-refractivity contribution < 1.29 is 0 Å². The van der Waals surface area contributed by atoms with Gasteiger partial charge in [-0.2, -0.15) is 0 Å². The average molecular weight is 562 g/mol. The van der Waals surface area contributed by atoms with Gasteiger partial charge in [-0.15, -0.1) is 0 Å². The summed E-state index contributed by atoms with van der Waals surface area (Å²) in [7, 11) is 0. The molecule has 0 saturated carbocycles. The summed E-state index contributed by atoms with van der Waals surface area (Å²) in [5.74, 6) is 0.935. The van der Waals surface area contributed by atoms with Gasteiger partial charge in [0.2, 0.25) is 0 Å². The summed E-state index contributed by atoms with van der Waals surface area (Å²) in [6.45, 7) is 4.17. The van der Waals surface area contributed by atoms with Crippen LogP contribution in [0, 0.1) is 14.1 Å². The number of rotatable bonds is 4. The molecule has 0 amide bonds. The molecular weight excluding hydrogens is 546 g/mol. The van der Waals surface area contributed by atoms with Gasteiger partial charge in [-0.05, 0) is 88.4 Å². The predicted molar refractivity (Wildman–Crippen MR) is 119 cm³/mol. The number of hydrogen-bond acceptors (Lipinski definition) is 3. The van der Waals surface area contributed by atoms with Crippen LogP contribution in [-0.2, 0) is 0 Å². The standard InChI is InChI=1S/C18H16I2N2OS/c1-3-7-24-18-21-16-14(9-12(19)10-15(16)20)17(23)22(18)13-6-4-5-11(2)8-13/h4-6,8-10H,3,7H2,1-2H3. The maximum Gasteiger partial charge on any atom is 0.266 e. The first-order valence-corrected chi connectivity index (χ1v) is 10.8. The summed E-state index contributed by atoms with van der Waals surface area (Å²) in [4.78, 5) is 18.1. The minimum absolute atomic E-state index is 0.000588. The fourth-order valence-corrected chi connectivity index (χ4v) is 5.31. The fourth-order valence-electron chi connectivity index (χ4n) is 2.48. The molecule has 0 bridgehead atoms. The summed E-state index contributed by atoms with van der Waals surface area (Å²) in [6.07, 6.45) is 1.04. The lowest BCUT2D eigenvalue weighted by molar-refractivity contribution is 0.817. The molecule has 6 heteroatoms. The smallest absolute Gasteiger partial charge is 0.266 e. The molecule has 3 aromatic rings. The normalized spacial score (nSPS) is 11.2. The molecule has 2 aromatic carbocycles. The number of nitrogens with zero attached hydrogens (tertiary/aromatic N) is 2. The zero-order chi connectivity index (χ0) is 17.3. The van der Waals surface area contributed by atoms with Gasteiger partial charge in [-0.1, -0.05) is 30.8 Å². The minimum atomic E-state index is 0.000588. The number of aromatic nitrogens is 2. The minimum Gasteiger partial charge on any atom is -0.268 e. The lowest BCUT2D eigenvalue weighted by Crippen LogP contribution is -2.22. The summed E-state index contributed by atoms with van der Waals surface area (Å²) in [5.41, 5.74) is 2.80. The van der Waals surface area contributed by atoms with E-state index < -0.39 is 0 Å². The highest BCUT2D eigenvalue weighted by Crippen LogP contribution is 2.26. The van der Waals surface area contributed by atoms with Gasteiger partial charge in [0.15, 0.2) is 5.16 Å². The SMILES string of the molecule is CCCSc1nc2c(I)cc(I)cc2c(=O)n1-c1cccc(C)c1. The second-order valence-electron chi connectivity index (χ2n) is 5.51. The molecule has 3 nitrogen and oxygen atoms in total. The molecule has 124 valence electrons. The van der Waals surface area contributed by atoms with E-state index in [-0.39, 0.29) is 5.56 Å². The predicted octanol–water partition coefficient (Wildman–Crippen LogP) is 5.41. The first-order valence-electron chi connectivity index (χ1n) is 7.63. The number of fused-ring (bicyclic) bond motifs is 1. The number of thioether (sulfide) groups is 1. The van der Waals surface area contributed by atoms with Crippen molar-refractivity contribution >= 4 is 67.8 Å². The first-order chi connectivity index (χ1) is 11.5. The fraction of sp³-hybridized carbons (Fsp3) is 0.222. The van der Waals surface area contributed by atoms with Crippen molar-refractivity contribution in [3.63, 3.8) is 0 Å². The summed E-state index contributed by atoms with van der Waals surface area (Å²) in [6, 6.07) is 12.0. The molecule has 0 fully saturated rings. The second-order valence-corrected chi connectivity index (χ2v) is 8.98. The Morgan fingerprint density at radius 1 is 1.21 bits per heavy atom.